The SMILES string of the molecule is CCOc1cc2c(cc1C=Nn1c(-c3cc4cc(Br)ccc4o3)nc3ccccc3c1=O)OCO2. The van der Waals surface area contributed by atoms with E-state index in [0.29, 0.717) is 51.7 Å². The Morgan fingerprint density at radius 2 is 1.94 bits per heavy atom. The van der Waals surface area contributed by atoms with E-state index in [1.165, 1.54) is 4.68 Å². The molecule has 0 amide bonds. The van der Waals surface area contributed by atoms with E-state index < -0.39 is 0 Å². The fourth-order valence-electron chi connectivity index (χ4n) is 3.96. The first-order chi connectivity index (χ1) is 17.1. The van der Waals surface area contributed by atoms with Crippen molar-refractivity contribution in [3.05, 3.63) is 81.1 Å². The molecule has 0 aliphatic carbocycles. The Balaban J connectivity index is 1.54. The van der Waals surface area contributed by atoms with Crippen molar-refractivity contribution in [2.75, 3.05) is 13.4 Å². The van der Waals surface area contributed by atoms with Crippen molar-refractivity contribution < 1.29 is 18.6 Å². The quantitative estimate of drug-likeness (QED) is 0.275. The van der Waals surface area contributed by atoms with Crippen LogP contribution in [-0.2, 0) is 0 Å². The molecule has 0 saturated heterocycles. The lowest BCUT2D eigenvalue weighted by atomic mass is 10.2. The summed E-state index contributed by atoms with van der Waals surface area (Å²) < 4.78 is 24.9. The zero-order valence-corrected chi connectivity index (χ0v) is 20.1. The van der Waals surface area contributed by atoms with E-state index in [4.69, 9.17) is 23.6 Å². The first-order valence-corrected chi connectivity index (χ1v) is 11.7. The second kappa shape index (κ2) is 8.59. The van der Waals surface area contributed by atoms with Gasteiger partial charge in [-0.05, 0) is 49.4 Å². The number of rotatable bonds is 5. The average Bonchev–Trinajstić information content (AvgIpc) is 3.49. The maximum Gasteiger partial charge on any atom is 0.282 e. The Hall–Kier alpha value is -4.11. The summed E-state index contributed by atoms with van der Waals surface area (Å²) in [5.41, 5.74) is 1.55. The van der Waals surface area contributed by atoms with Gasteiger partial charge in [-0.25, -0.2) is 4.98 Å². The lowest BCUT2D eigenvalue weighted by Crippen LogP contribution is -2.20. The van der Waals surface area contributed by atoms with Crippen molar-refractivity contribution in [2.24, 2.45) is 5.10 Å². The molecule has 0 unspecified atom stereocenters. The van der Waals surface area contributed by atoms with Crippen molar-refractivity contribution in [1.29, 1.82) is 0 Å². The molecule has 0 radical (unpaired) electrons. The molecule has 0 atom stereocenters. The Labute approximate surface area is 207 Å². The number of benzene rings is 3. The molecule has 1 aliphatic rings. The highest BCUT2D eigenvalue weighted by molar-refractivity contribution is 9.10. The number of hydrogen-bond donors (Lipinski definition) is 0. The van der Waals surface area contributed by atoms with Crippen LogP contribution in [0.25, 0.3) is 33.5 Å². The third kappa shape index (κ3) is 3.83. The lowest BCUT2D eigenvalue weighted by molar-refractivity contribution is 0.174. The topological polar surface area (TPSA) is 88.1 Å². The molecular formula is C26H18BrN3O5. The van der Waals surface area contributed by atoms with Gasteiger partial charge in [0.15, 0.2) is 17.3 Å². The maximum absolute atomic E-state index is 13.5. The summed E-state index contributed by atoms with van der Waals surface area (Å²) in [6.07, 6.45) is 1.55. The molecule has 6 rings (SSSR count). The molecule has 0 spiro atoms. The molecule has 174 valence electrons. The number of halogens is 1. The van der Waals surface area contributed by atoms with Gasteiger partial charge in [-0.15, -0.1) is 0 Å². The van der Waals surface area contributed by atoms with E-state index in [0.717, 1.165) is 9.86 Å². The minimum Gasteiger partial charge on any atom is -0.493 e. The molecule has 0 fully saturated rings. The summed E-state index contributed by atoms with van der Waals surface area (Å²) in [4.78, 5) is 18.2. The van der Waals surface area contributed by atoms with Gasteiger partial charge in [-0.3, -0.25) is 4.79 Å². The molecule has 35 heavy (non-hydrogen) atoms. The minimum atomic E-state index is -0.317. The van der Waals surface area contributed by atoms with Crippen LogP contribution in [0.2, 0.25) is 0 Å². The van der Waals surface area contributed by atoms with E-state index in [1.807, 2.05) is 37.3 Å². The number of hydrogen-bond acceptors (Lipinski definition) is 7. The highest BCUT2D eigenvalue weighted by Gasteiger charge is 2.19. The van der Waals surface area contributed by atoms with Crippen LogP contribution in [0, 0.1) is 0 Å². The van der Waals surface area contributed by atoms with E-state index in [2.05, 4.69) is 21.0 Å². The van der Waals surface area contributed by atoms with Gasteiger partial charge in [0.1, 0.15) is 11.3 Å². The summed E-state index contributed by atoms with van der Waals surface area (Å²) in [7, 11) is 0. The number of nitrogens with zero attached hydrogens (tertiary/aromatic N) is 3. The van der Waals surface area contributed by atoms with Crippen LogP contribution in [0.1, 0.15) is 12.5 Å². The zero-order valence-electron chi connectivity index (χ0n) is 18.5. The number of ether oxygens (including phenoxy) is 3. The number of para-hydroxylation sites is 1. The van der Waals surface area contributed by atoms with Gasteiger partial charge in [0.05, 0.1) is 23.7 Å². The summed E-state index contributed by atoms with van der Waals surface area (Å²) in [5.74, 6) is 2.47. The van der Waals surface area contributed by atoms with Crippen molar-refractivity contribution in [3.63, 3.8) is 0 Å². The van der Waals surface area contributed by atoms with Gasteiger partial charge in [0.25, 0.3) is 5.56 Å². The highest BCUT2D eigenvalue weighted by atomic mass is 79.9. The Morgan fingerprint density at radius 1 is 1.11 bits per heavy atom. The van der Waals surface area contributed by atoms with Gasteiger partial charge in [-0.1, -0.05) is 28.1 Å². The zero-order chi connectivity index (χ0) is 23.9. The largest absolute Gasteiger partial charge is 0.493 e. The monoisotopic (exact) mass is 531 g/mol. The lowest BCUT2D eigenvalue weighted by Gasteiger charge is -2.10. The van der Waals surface area contributed by atoms with E-state index in [-0.39, 0.29) is 18.2 Å². The average molecular weight is 532 g/mol. The van der Waals surface area contributed by atoms with Crippen LogP contribution in [0.4, 0.5) is 0 Å². The Morgan fingerprint density at radius 3 is 2.80 bits per heavy atom. The van der Waals surface area contributed by atoms with Crippen molar-refractivity contribution in [2.45, 2.75) is 6.92 Å². The van der Waals surface area contributed by atoms with E-state index in [9.17, 15) is 4.79 Å². The van der Waals surface area contributed by atoms with Crippen LogP contribution >= 0.6 is 15.9 Å². The van der Waals surface area contributed by atoms with Crippen LogP contribution in [0.15, 0.2) is 79.4 Å². The molecule has 0 bridgehead atoms. The van der Waals surface area contributed by atoms with Crippen molar-refractivity contribution >= 4 is 44.0 Å². The van der Waals surface area contributed by atoms with E-state index >= 15 is 0 Å². The predicted molar refractivity (Wildman–Crippen MR) is 136 cm³/mol. The smallest absolute Gasteiger partial charge is 0.282 e. The van der Waals surface area contributed by atoms with Gasteiger partial charge >= 0.3 is 0 Å². The Kier molecular flexibility index (Phi) is 5.26. The molecule has 0 saturated carbocycles. The minimum absolute atomic E-state index is 0.141. The Bertz CT molecular complexity index is 1690. The molecule has 3 aromatic carbocycles. The number of furan rings is 1. The summed E-state index contributed by atoms with van der Waals surface area (Å²) in [6, 6.07) is 18.2. The van der Waals surface area contributed by atoms with Gasteiger partial charge < -0.3 is 18.6 Å². The summed E-state index contributed by atoms with van der Waals surface area (Å²) >= 11 is 3.48. The van der Waals surface area contributed by atoms with Gasteiger partial charge in [0.2, 0.25) is 12.6 Å². The molecule has 1 aliphatic heterocycles. The van der Waals surface area contributed by atoms with Crippen molar-refractivity contribution in [3.8, 4) is 28.8 Å². The van der Waals surface area contributed by atoms with Gasteiger partial charge in [-0.2, -0.15) is 9.78 Å². The molecular weight excluding hydrogens is 514 g/mol. The fourth-order valence-corrected chi connectivity index (χ4v) is 4.33. The third-order valence-electron chi connectivity index (χ3n) is 5.57. The van der Waals surface area contributed by atoms with Crippen LogP contribution in [-0.4, -0.2) is 29.3 Å². The molecule has 9 heteroatoms. The highest BCUT2D eigenvalue weighted by Crippen LogP contribution is 2.37. The second-order valence-electron chi connectivity index (χ2n) is 7.78. The second-order valence-corrected chi connectivity index (χ2v) is 8.70. The predicted octanol–water partition coefficient (Wildman–Crippen LogP) is 5.58. The normalized spacial score (nSPS) is 12.7. The standard InChI is InChI=1S/C26H18BrN3O5/c1-2-32-21-12-23-22(33-14-34-23)11-16(21)13-28-30-25(29-19-6-4-3-5-18(19)26(30)31)24-10-15-9-17(27)7-8-20(15)35-24/h3-13H,2,14H2,1H3. The first kappa shape index (κ1) is 21.4. The third-order valence-corrected chi connectivity index (χ3v) is 6.06. The molecule has 5 aromatic rings. The molecule has 3 heterocycles. The summed E-state index contributed by atoms with van der Waals surface area (Å²) in [6.45, 7) is 2.49. The van der Waals surface area contributed by atoms with Gasteiger partial charge in [0, 0.05) is 21.5 Å². The van der Waals surface area contributed by atoms with Crippen molar-refractivity contribution in [1.82, 2.24) is 9.66 Å². The maximum atomic E-state index is 13.5. The molecule has 0 N–H and O–H groups in total. The van der Waals surface area contributed by atoms with Crippen LogP contribution in [0.5, 0.6) is 17.2 Å². The fraction of sp³-hybridized carbons (Fsp3) is 0.115. The number of fused-ring (bicyclic) bond motifs is 3. The van der Waals surface area contributed by atoms with Crippen LogP contribution in [0.3, 0.4) is 0 Å². The van der Waals surface area contributed by atoms with E-state index in [1.54, 1.807) is 36.5 Å². The molecule has 2 aromatic heterocycles. The number of aromatic nitrogens is 2. The molecule has 8 nitrogen and oxygen atoms in total. The first-order valence-electron chi connectivity index (χ1n) is 10.9. The summed E-state index contributed by atoms with van der Waals surface area (Å²) in [5, 5.41) is 5.85. The van der Waals surface area contributed by atoms with Crippen LogP contribution < -0.4 is 19.8 Å².